The van der Waals surface area contributed by atoms with Gasteiger partial charge in [0.2, 0.25) is 0 Å². The van der Waals surface area contributed by atoms with Crippen LogP contribution in [0, 0.1) is 5.92 Å². The smallest absolute Gasteiger partial charge is 0.00751 e. The number of fused-ring (bicyclic) bond motifs is 1. The van der Waals surface area contributed by atoms with Gasteiger partial charge in [-0.2, -0.15) is 0 Å². The number of benzene rings is 1. The topological polar surface area (TPSA) is 0 Å². The van der Waals surface area contributed by atoms with Gasteiger partial charge >= 0.3 is 0 Å². The Labute approximate surface area is 100 Å². The van der Waals surface area contributed by atoms with Crippen molar-refractivity contribution in [3.63, 3.8) is 0 Å². The van der Waals surface area contributed by atoms with Crippen molar-refractivity contribution >= 4 is 0 Å². The molecule has 1 aromatic carbocycles. The fraction of sp³-hybridized carbons (Fsp3) is 0.625. The standard InChI is InChI=1S/C16H24/c1-11(2)13-8-9-15-14(10-13)7-6-12(3)16(15,4)5/h8-12H,6-7H2,1-5H3. The van der Waals surface area contributed by atoms with E-state index in [9.17, 15) is 0 Å². The van der Waals surface area contributed by atoms with Crippen molar-refractivity contribution in [3.8, 4) is 0 Å². The van der Waals surface area contributed by atoms with Gasteiger partial charge in [-0.25, -0.2) is 0 Å². The zero-order valence-electron chi connectivity index (χ0n) is 11.3. The lowest BCUT2D eigenvalue weighted by Gasteiger charge is -2.39. The molecule has 0 radical (unpaired) electrons. The number of hydrogen-bond donors (Lipinski definition) is 0. The van der Waals surface area contributed by atoms with E-state index >= 15 is 0 Å². The van der Waals surface area contributed by atoms with Crippen LogP contribution in [0.25, 0.3) is 0 Å². The highest BCUT2D eigenvalue weighted by molar-refractivity contribution is 5.40. The van der Waals surface area contributed by atoms with Crippen molar-refractivity contribution in [1.82, 2.24) is 0 Å². The molecule has 0 heterocycles. The third kappa shape index (κ3) is 1.79. The van der Waals surface area contributed by atoms with Crippen LogP contribution in [0.4, 0.5) is 0 Å². The zero-order valence-corrected chi connectivity index (χ0v) is 11.3. The molecule has 0 fully saturated rings. The average molecular weight is 216 g/mol. The van der Waals surface area contributed by atoms with Gasteiger partial charge in [0, 0.05) is 0 Å². The first-order valence-corrected chi connectivity index (χ1v) is 6.56. The Morgan fingerprint density at radius 1 is 1.25 bits per heavy atom. The predicted molar refractivity (Wildman–Crippen MR) is 71.0 cm³/mol. The normalized spacial score (nSPS) is 23.2. The molecule has 0 saturated heterocycles. The molecule has 0 aliphatic heterocycles. The molecule has 0 amide bonds. The second-order valence-corrected chi connectivity index (χ2v) is 6.23. The maximum Gasteiger partial charge on any atom is -0.00751 e. The van der Waals surface area contributed by atoms with E-state index in [1.165, 1.54) is 18.4 Å². The van der Waals surface area contributed by atoms with Crippen molar-refractivity contribution in [2.24, 2.45) is 5.92 Å². The highest BCUT2D eigenvalue weighted by atomic mass is 14.4. The molecule has 2 rings (SSSR count). The summed E-state index contributed by atoms with van der Waals surface area (Å²) in [7, 11) is 0. The Morgan fingerprint density at radius 3 is 2.56 bits per heavy atom. The molecule has 0 nitrogen and oxygen atoms in total. The lowest BCUT2D eigenvalue weighted by Crippen LogP contribution is -2.32. The number of hydrogen-bond acceptors (Lipinski definition) is 0. The lowest BCUT2D eigenvalue weighted by molar-refractivity contribution is 0.302. The van der Waals surface area contributed by atoms with E-state index < -0.39 is 0 Å². The Balaban J connectivity index is 2.47. The lowest BCUT2D eigenvalue weighted by atomic mass is 9.66. The summed E-state index contributed by atoms with van der Waals surface area (Å²) < 4.78 is 0. The second-order valence-electron chi connectivity index (χ2n) is 6.23. The van der Waals surface area contributed by atoms with Crippen molar-refractivity contribution in [2.75, 3.05) is 0 Å². The first-order valence-electron chi connectivity index (χ1n) is 6.56. The molecule has 0 bridgehead atoms. The first-order chi connectivity index (χ1) is 7.43. The summed E-state index contributed by atoms with van der Waals surface area (Å²) in [4.78, 5) is 0. The van der Waals surface area contributed by atoms with E-state index in [1.54, 1.807) is 11.1 Å². The maximum absolute atomic E-state index is 2.44. The quantitative estimate of drug-likeness (QED) is 0.640. The molecule has 16 heavy (non-hydrogen) atoms. The van der Waals surface area contributed by atoms with Gasteiger partial charge < -0.3 is 0 Å². The third-order valence-corrected chi connectivity index (χ3v) is 4.57. The summed E-state index contributed by atoms with van der Waals surface area (Å²) in [5.74, 6) is 1.44. The third-order valence-electron chi connectivity index (χ3n) is 4.57. The SMILES string of the molecule is CC(C)c1ccc2c(c1)CCC(C)C2(C)C. The molecule has 1 aliphatic carbocycles. The summed E-state index contributed by atoms with van der Waals surface area (Å²) >= 11 is 0. The Kier molecular flexibility index (Phi) is 2.86. The van der Waals surface area contributed by atoms with Crippen LogP contribution in [-0.4, -0.2) is 0 Å². The van der Waals surface area contributed by atoms with Gasteiger partial charge in [-0.1, -0.05) is 52.8 Å². The fourth-order valence-electron chi connectivity index (χ4n) is 2.81. The van der Waals surface area contributed by atoms with Crippen LogP contribution < -0.4 is 0 Å². The zero-order chi connectivity index (χ0) is 11.9. The Hall–Kier alpha value is -0.780. The molecular formula is C16H24. The molecule has 88 valence electrons. The summed E-state index contributed by atoms with van der Waals surface area (Å²) in [5, 5.41) is 0. The van der Waals surface area contributed by atoms with Crippen molar-refractivity contribution in [3.05, 3.63) is 34.9 Å². The fourth-order valence-corrected chi connectivity index (χ4v) is 2.81. The predicted octanol–water partition coefficient (Wildman–Crippen LogP) is 4.67. The summed E-state index contributed by atoms with van der Waals surface area (Å²) in [6.45, 7) is 11.7. The van der Waals surface area contributed by atoms with E-state index in [0.717, 1.165) is 5.92 Å². The highest BCUT2D eigenvalue weighted by Gasteiger charge is 2.33. The average Bonchev–Trinajstić information content (AvgIpc) is 2.23. The van der Waals surface area contributed by atoms with E-state index in [0.29, 0.717) is 11.3 Å². The summed E-state index contributed by atoms with van der Waals surface area (Å²) in [6.07, 6.45) is 2.60. The van der Waals surface area contributed by atoms with Gasteiger partial charge in [0.05, 0.1) is 0 Å². The first kappa shape index (κ1) is 11.7. The van der Waals surface area contributed by atoms with Gasteiger partial charge in [0.1, 0.15) is 0 Å². The van der Waals surface area contributed by atoms with Crippen LogP contribution in [0.15, 0.2) is 18.2 Å². The van der Waals surface area contributed by atoms with Crippen LogP contribution in [0.1, 0.15) is 63.6 Å². The van der Waals surface area contributed by atoms with Gasteiger partial charge in [-0.05, 0) is 46.8 Å². The monoisotopic (exact) mass is 216 g/mol. The van der Waals surface area contributed by atoms with E-state index in [1.807, 2.05) is 0 Å². The van der Waals surface area contributed by atoms with Gasteiger partial charge in [-0.3, -0.25) is 0 Å². The molecule has 1 aliphatic rings. The molecule has 0 aromatic heterocycles. The van der Waals surface area contributed by atoms with Crippen LogP contribution >= 0.6 is 0 Å². The minimum atomic E-state index is 0.350. The summed E-state index contributed by atoms with van der Waals surface area (Å²) in [6, 6.07) is 7.14. The molecule has 0 heteroatoms. The van der Waals surface area contributed by atoms with Gasteiger partial charge in [-0.15, -0.1) is 0 Å². The molecule has 1 unspecified atom stereocenters. The number of aryl methyl sites for hydroxylation is 1. The molecular weight excluding hydrogens is 192 g/mol. The van der Waals surface area contributed by atoms with E-state index in [-0.39, 0.29) is 0 Å². The van der Waals surface area contributed by atoms with Gasteiger partial charge in [0.25, 0.3) is 0 Å². The minimum absolute atomic E-state index is 0.350. The van der Waals surface area contributed by atoms with Crippen LogP contribution in [0.3, 0.4) is 0 Å². The Bertz CT molecular complexity index is 385. The number of rotatable bonds is 1. The molecule has 1 aromatic rings. The van der Waals surface area contributed by atoms with Crippen molar-refractivity contribution < 1.29 is 0 Å². The van der Waals surface area contributed by atoms with Crippen LogP contribution in [-0.2, 0) is 11.8 Å². The molecule has 0 N–H and O–H groups in total. The maximum atomic E-state index is 2.44. The minimum Gasteiger partial charge on any atom is -0.0617 e. The van der Waals surface area contributed by atoms with Crippen molar-refractivity contribution in [1.29, 1.82) is 0 Å². The highest BCUT2D eigenvalue weighted by Crippen LogP contribution is 2.41. The van der Waals surface area contributed by atoms with E-state index in [4.69, 9.17) is 0 Å². The van der Waals surface area contributed by atoms with E-state index in [2.05, 4.69) is 52.8 Å². The molecule has 1 atom stereocenters. The van der Waals surface area contributed by atoms with Crippen molar-refractivity contribution in [2.45, 2.75) is 58.8 Å². The molecule has 0 saturated carbocycles. The second kappa shape index (κ2) is 3.91. The van der Waals surface area contributed by atoms with Crippen LogP contribution in [0.2, 0.25) is 0 Å². The largest absolute Gasteiger partial charge is 0.0617 e. The van der Waals surface area contributed by atoms with Gasteiger partial charge in [0.15, 0.2) is 0 Å². The Morgan fingerprint density at radius 2 is 1.94 bits per heavy atom. The summed E-state index contributed by atoms with van der Waals surface area (Å²) in [5.41, 5.74) is 5.01. The van der Waals surface area contributed by atoms with Crippen LogP contribution in [0.5, 0.6) is 0 Å². The molecule has 0 spiro atoms.